The van der Waals surface area contributed by atoms with Gasteiger partial charge in [-0.1, -0.05) is 6.58 Å². The highest BCUT2D eigenvalue weighted by Gasteiger charge is 2.02. The molecule has 2 nitrogen and oxygen atoms in total. The van der Waals surface area contributed by atoms with E-state index in [0.29, 0.717) is 12.6 Å². The van der Waals surface area contributed by atoms with Crippen LogP contribution in [-0.2, 0) is 0 Å². The molecular formula is C7H15NO. The summed E-state index contributed by atoms with van der Waals surface area (Å²) in [7, 11) is 1.95. The maximum absolute atomic E-state index is 8.74. The lowest BCUT2D eigenvalue weighted by atomic mass is 10.3. The largest absolute Gasteiger partial charge is 0.512 e. The predicted octanol–water partition coefficient (Wildman–Crippen LogP) is 1.40. The van der Waals surface area contributed by atoms with Crippen LogP contribution in [0, 0.1) is 0 Å². The third-order valence-corrected chi connectivity index (χ3v) is 1.31. The zero-order valence-corrected chi connectivity index (χ0v) is 6.39. The van der Waals surface area contributed by atoms with Crippen molar-refractivity contribution < 1.29 is 5.11 Å². The smallest absolute Gasteiger partial charge is 0.0991 e. The van der Waals surface area contributed by atoms with Gasteiger partial charge in [-0.15, -0.1) is 0 Å². The average Bonchev–Trinajstić information content (AvgIpc) is 1.63. The van der Waals surface area contributed by atoms with E-state index >= 15 is 0 Å². The van der Waals surface area contributed by atoms with Crippen LogP contribution in [0.1, 0.15) is 13.8 Å². The fourth-order valence-electron chi connectivity index (χ4n) is 0.470. The second-order valence-electron chi connectivity index (χ2n) is 2.58. The lowest BCUT2D eigenvalue weighted by molar-refractivity contribution is 0.250. The van der Waals surface area contributed by atoms with Crippen molar-refractivity contribution in [2.75, 3.05) is 13.6 Å². The molecule has 0 aliphatic carbocycles. The van der Waals surface area contributed by atoms with E-state index in [1.54, 1.807) is 0 Å². The molecule has 2 heteroatoms. The molecule has 0 saturated carbocycles. The van der Waals surface area contributed by atoms with Gasteiger partial charge in [0.1, 0.15) is 0 Å². The van der Waals surface area contributed by atoms with Crippen molar-refractivity contribution in [1.82, 2.24) is 4.90 Å². The summed E-state index contributed by atoms with van der Waals surface area (Å²) in [4.78, 5) is 2.02. The van der Waals surface area contributed by atoms with Gasteiger partial charge >= 0.3 is 0 Å². The Balaban J connectivity index is 3.50. The van der Waals surface area contributed by atoms with Crippen molar-refractivity contribution in [3.8, 4) is 0 Å². The van der Waals surface area contributed by atoms with Crippen LogP contribution < -0.4 is 0 Å². The van der Waals surface area contributed by atoms with Gasteiger partial charge in [0.05, 0.1) is 12.3 Å². The second kappa shape index (κ2) is 3.51. The van der Waals surface area contributed by atoms with Crippen LogP contribution in [0.3, 0.4) is 0 Å². The van der Waals surface area contributed by atoms with Crippen LogP contribution >= 0.6 is 0 Å². The summed E-state index contributed by atoms with van der Waals surface area (Å²) in [5.41, 5.74) is 0. The van der Waals surface area contributed by atoms with Gasteiger partial charge in [-0.3, -0.25) is 4.90 Å². The first kappa shape index (κ1) is 8.50. The number of rotatable bonds is 3. The van der Waals surface area contributed by atoms with E-state index < -0.39 is 0 Å². The van der Waals surface area contributed by atoms with E-state index in [1.165, 1.54) is 0 Å². The molecular weight excluding hydrogens is 114 g/mol. The average molecular weight is 129 g/mol. The van der Waals surface area contributed by atoms with Gasteiger partial charge < -0.3 is 5.11 Å². The summed E-state index contributed by atoms with van der Waals surface area (Å²) in [5, 5.41) is 8.74. The highest BCUT2D eigenvalue weighted by Crippen LogP contribution is 1.95. The number of hydrogen-bond acceptors (Lipinski definition) is 2. The first-order valence-corrected chi connectivity index (χ1v) is 3.11. The van der Waals surface area contributed by atoms with Gasteiger partial charge in [0.15, 0.2) is 0 Å². The normalized spacial score (nSPS) is 10.8. The fraction of sp³-hybridized carbons (Fsp3) is 0.714. The second-order valence-corrected chi connectivity index (χ2v) is 2.58. The Bertz CT molecular complexity index is 99.1. The summed E-state index contributed by atoms with van der Waals surface area (Å²) >= 11 is 0. The molecule has 0 saturated heterocycles. The van der Waals surface area contributed by atoms with E-state index in [2.05, 4.69) is 20.4 Å². The van der Waals surface area contributed by atoms with Crippen LogP contribution in [0.2, 0.25) is 0 Å². The summed E-state index contributed by atoms with van der Waals surface area (Å²) < 4.78 is 0. The van der Waals surface area contributed by atoms with Gasteiger partial charge in [-0.25, -0.2) is 0 Å². The zero-order chi connectivity index (χ0) is 7.44. The Morgan fingerprint density at radius 3 is 2.22 bits per heavy atom. The quantitative estimate of drug-likeness (QED) is 0.582. The van der Waals surface area contributed by atoms with Crippen molar-refractivity contribution in [3.63, 3.8) is 0 Å². The minimum absolute atomic E-state index is 0.228. The minimum atomic E-state index is 0.228. The van der Waals surface area contributed by atoms with Gasteiger partial charge in [0, 0.05) is 6.04 Å². The van der Waals surface area contributed by atoms with Crippen molar-refractivity contribution >= 4 is 0 Å². The lowest BCUT2D eigenvalue weighted by Crippen LogP contribution is -2.27. The number of aliphatic hydroxyl groups is 1. The molecule has 0 amide bonds. The molecule has 1 N–H and O–H groups in total. The fourth-order valence-corrected chi connectivity index (χ4v) is 0.470. The van der Waals surface area contributed by atoms with Crippen molar-refractivity contribution in [3.05, 3.63) is 12.3 Å². The van der Waals surface area contributed by atoms with Gasteiger partial charge in [0.2, 0.25) is 0 Å². The van der Waals surface area contributed by atoms with E-state index in [9.17, 15) is 0 Å². The van der Waals surface area contributed by atoms with Gasteiger partial charge in [0.25, 0.3) is 0 Å². The van der Waals surface area contributed by atoms with Crippen molar-refractivity contribution in [2.45, 2.75) is 19.9 Å². The number of likely N-dealkylation sites (N-methyl/N-ethyl adjacent to an activating group) is 1. The number of aliphatic hydroxyl groups excluding tert-OH is 1. The summed E-state index contributed by atoms with van der Waals surface area (Å²) in [6.45, 7) is 8.10. The molecule has 0 spiro atoms. The monoisotopic (exact) mass is 129 g/mol. The molecule has 54 valence electrons. The topological polar surface area (TPSA) is 23.5 Å². The predicted molar refractivity (Wildman–Crippen MR) is 39.5 cm³/mol. The van der Waals surface area contributed by atoms with Crippen LogP contribution in [0.25, 0.3) is 0 Å². The SMILES string of the molecule is C=C(O)CN(C)C(C)C. The van der Waals surface area contributed by atoms with Crippen molar-refractivity contribution in [2.24, 2.45) is 0 Å². The van der Waals surface area contributed by atoms with E-state index in [0.717, 1.165) is 0 Å². The molecule has 0 fully saturated rings. The molecule has 0 aromatic heterocycles. The van der Waals surface area contributed by atoms with Crippen LogP contribution in [-0.4, -0.2) is 29.6 Å². The third-order valence-electron chi connectivity index (χ3n) is 1.31. The summed E-state index contributed by atoms with van der Waals surface area (Å²) in [5.74, 6) is 0.228. The van der Waals surface area contributed by atoms with Crippen LogP contribution in [0.4, 0.5) is 0 Å². The van der Waals surface area contributed by atoms with Crippen molar-refractivity contribution in [1.29, 1.82) is 0 Å². The Labute approximate surface area is 56.8 Å². The first-order valence-electron chi connectivity index (χ1n) is 3.11. The Morgan fingerprint density at radius 1 is 1.67 bits per heavy atom. The van der Waals surface area contributed by atoms with E-state index in [-0.39, 0.29) is 5.76 Å². The summed E-state index contributed by atoms with van der Waals surface area (Å²) in [6.07, 6.45) is 0. The molecule has 0 heterocycles. The third kappa shape index (κ3) is 4.03. The molecule has 0 aliphatic heterocycles. The molecule has 0 atom stereocenters. The molecule has 0 rings (SSSR count). The van der Waals surface area contributed by atoms with Gasteiger partial charge in [-0.05, 0) is 20.9 Å². The zero-order valence-electron chi connectivity index (χ0n) is 6.39. The highest BCUT2D eigenvalue weighted by atomic mass is 16.3. The maximum atomic E-state index is 8.74. The standard InChI is InChI=1S/C7H15NO/c1-6(2)8(4)5-7(3)9/h6,9H,3,5H2,1-2,4H3. The Morgan fingerprint density at radius 2 is 2.11 bits per heavy atom. The number of nitrogens with zero attached hydrogens (tertiary/aromatic N) is 1. The van der Waals surface area contributed by atoms with Gasteiger partial charge in [-0.2, -0.15) is 0 Å². The number of hydrogen-bond donors (Lipinski definition) is 1. The highest BCUT2D eigenvalue weighted by molar-refractivity contribution is 4.83. The lowest BCUT2D eigenvalue weighted by Gasteiger charge is -2.19. The summed E-state index contributed by atoms with van der Waals surface area (Å²) in [6, 6.07) is 0.467. The first-order chi connectivity index (χ1) is 4.04. The molecule has 0 aliphatic rings. The van der Waals surface area contributed by atoms with Crippen LogP contribution in [0.15, 0.2) is 12.3 Å². The molecule has 0 bridgehead atoms. The minimum Gasteiger partial charge on any atom is -0.512 e. The van der Waals surface area contributed by atoms with E-state index in [1.807, 2.05) is 11.9 Å². The molecule has 0 aromatic rings. The maximum Gasteiger partial charge on any atom is 0.0991 e. The molecule has 9 heavy (non-hydrogen) atoms. The molecule has 0 unspecified atom stereocenters. The van der Waals surface area contributed by atoms with Crippen LogP contribution in [0.5, 0.6) is 0 Å². The molecule has 0 aromatic carbocycles. The van der Waals surface area contributed by atoms with E-state index in [4.69, 9.17) is 5.11 Å². The molecule has 0 radical (unpaired) electrons. The Kier molecular flexibility index (Phi) is 3.32. The Hall–Kier alpha value is -0.500.